The second-order valence-corrected chi connectivity index (χ2v) is 8.08. The predicted molar refractivity (Wildman–Crippen MR) is 137 cm³/mol. The maximum Gasteiger partial charge on any atom is 0.150 e. The molecule has 33 heavy (non-hydrogen) atoms. The molecule has 5 aromatic carbocycles. The van der Waals surface area contributed by atoms with Crippen molar-refractivity contribution in [3.05, 3.63) is 109 Å². The van der Waals surface area contributed by atoms with Crippen LogP contribution < -0.4 is 11.6 Å². The number of rotatable bonds is 3. The number of nitrogens with two attached hydrogens (primary N) is 2. The van der Waals surface area contributed by atoms with E-state index in [0.717, 1.165) is 55.0 Å². The lowest BCUT2D eigenvalue weighted by Crippen LogP contribution is -2.16. The fraction of sp³-hybridized carbons (Fsp3) is 0. The minimum absolute atomic E-state index is 0.318. The Morgan fingerprint density at radius 1 is 0.606 bits per heavy atom. The average molecular weight is 428 g/mol. The molecule has 0 spiro atoms. The van der Waals surface area contributed by atoms with Crippen LogP contribution >= 0.6 is 0 Å². The number of hydrazone groups is 1. The molecule has 0 atom stereocenters. The highest BCUT2D eigenvalue weighted by Crippen LogP contribution is 2.40. The van der Waals surface area contributed by atoms with Gasteiger partial charge in [-0.05, 0) is 39.8 Å². The number of hydrogen-bond acceptors (Lipinski definition) is 3. The molecule has 4 heteroatoms. The lowest BCUT2D eigenvalue weighted by atomic mass is 9.93. The van der Waals surface area contributed by atoms with Crippen molar-refractivity contribution in [3.8, 4) is 22.3 Å². The molecule has 0 saturated heterocycles. The van der Waals surface area contributed by atoms with Gasteiger partial charge in [0, 0.05) is 21.7 Å². The first-order valence-corrected chi connectivity index (χ1v) is 10.8. The molecule has 4 nitrogen and oxygen atoms in total. The van der Waals surface area contributed by atoms with Crippen LogP contribution in [0.2, 0.25) is 0 Å². The summed E-state index contributed by atoms with van der Waals surface area (Å²) in [5.41, 5.74) is 13.0. The fourth-order valence-electron chi connectivity index (χ4n) is 4.64. The Morgan fingerprint density at radius 2 is 1.21 bits per heavy atom. The third-order valence-corrected chi connectivity index (χ3v) is 6.23. The summed E-state index contributed by atoms with van der Waals surface area (Å²) in [4.78, 5) is 0. The molecule has 6 rings (SSSR count). The summed E-state index contributed by atoms with van der Waals surface area (Å²) in [6.07, 6.45) is 0. The monoisotopic (exact) mass is 427 g/mol. The van der Waals surface area contributed by atoms with Gasteiger partial charge >= 0.3 is 0 Å². The Balaban J connectivity index is 1.55. The summed E-state index contributed by atoms with van der Waals surface area (Å²) in [6.45, 7) is 0. The molecule has 0 fully saturated rings. The molecule has 0 aliphatic carbocycles. The summed E-state index contributed by atoms with van der Waals surface area (Å²) in [5, 5.41) is 8.21. The van der Waals surface area contributed by atoms with Crippen molar-refractivity contribution in [1.82, 2.24) is 0 Å². The van der Waals surface area contributed by atoms with E-state index in [1.54, 1.807) is 0 Å². The van der Waals surface area contributed by atoms with Crippen molar-refractivity contribution in [2.75, 3.05) is 0 Å². The molecule has 6 aromatic rings. The van der Waals surface area contributed by atoms with Crippen LogP contribution in [0.1, 0.15) is 5.56 Å². The molecule has 0 aliphatic rings. The van der Waals surface area contributed by atoms with Gasteiger partial charge in [0.25, 0.3) is 0 Å². The highest BCUT2D eigenvalue weighted by molar-refractivity contribution is 6.19. The van der Waals surface area contributed by atoms with E-state index in [2.05, 4.69) is 71.8 Å². The SMILES string of the molecule is N/N=C(\N)c1ccccc1-c1ccc(-c2cc3c4ccccc4oc3c3ccccc23)cc1. The summed E-state index contributed by atoms with van der Waals surface area (Å²) >= 11 is 0. The first kappa shape index (κ1) is 19.1. The van der Waals surface area contributed by atoms with E-state index in [9.17, 15) is 0 Å². The third-order valence-electron chi connectivity index (χ3n) is 6.23. The summed E-state index contributed by atoms with van der Waals surface area (Å²) < 4.78 is 6.25. The van der Waals surface area contributed by atoms with E-state index in [1.165, 1.54) is 5.56 Å². The number of hydrogen-bond donors (Lipinski definition) is 2. The second kappa shape index (κ2) is 7.53. The van der Waals surface area contributed by atoms with Gasteiger partial charge < -0.3 is 16.0 Å². The maximum atomic E-state index is 6.25. The van der Waals surface area contributed by atoms with E-state index in [-0.39, 0.29) is 0 Å². The standard InChI is InChI=1S/C29H21N3O/c30-29(32-31)24-11-4-1-7-20(24)18-13-15-19(16-14-18)25-17-26-22-9-5-6-12-27(22)33-28(26)23-10-3-2-8-21(23)25/h1-17H,31H2,(H2,30,32). The Kier molecular flexibility index (Phi) is 4.37. The highest BCUT2D eigenvalue weighted by atomic mass is 16.3. The zero-order chi connectivity index (χ0) is 22.4. The van der Waals surface area contributed by atoms with Crippen LogP contribution in [0.15, 0.2) is 113 Å². The van der Waals surface area contributed by atoms with Gasteiger partial charge in [-0.15, -0.1) is 0 Å². The van der Waals surface area contributed by atoms with E-state index in [1.807, 2.05) is 36.4 Å². The molecule has 0 amide bonds. The topological polar surface area (TPSA) is 77.5 Å². The van der Waals surface area contributed by atoms with Crippen LogP contribution in [0.25, 0.3) is 55.0 Å². The fourth-order valence-corrected chi connectivity index (χ4v) is 4.64. The average Bonchev–Trinajstić information content (AvgIpc) is 3.27. The van der Waals surface area contributed by atoms with Gasteiger partial charge in [0.2, 0.25) is 0 Å². The zero-order valence-electron chi connectivity index (χ0n) is 17.8. The number of furan rings is 1. The van der Waals surface area contributed by atoms with Crippen molar-refractivity contribution in [2.24, 2.45) is 16.7 Å². The molecule has 0 saturated carbocycles. The van der Waals surface area contributed by atoms with Gasteiger partial charge in [-0.2, -0.15) is 5.10 Å². The molecule has 4 N–H and O–H groups in total. The quantitative estimate of drug-likeness (QED) is 0.144. The summed E-state index contributed by atoms with van der Waals surface area (Å²) in [7, 11) is 0. The van der Waals surface area contributed by atoms with Gasteiger partial charge in [0.05, 0.1) is 0 Å². The first-order chi connectivity index (χ1) is 16.2. The van der Waals surface area contributed by atoms with Gasteiger partial charge in [0.1, 0.15) is 11.2 Å². The van der Waals surface area contributed by atoms with Crippen LogP contribution in [-0.2, 0) is 0 Å². The molecule has 0 unspecified atom stereocenters. The molecule has 0 radical (unpaired) electrons. The molecule has 0 bridgehead atoms. The Bertz CT molecular complexity index is 1680. The van der Waals surface area contributed by atoms with Gasteiger partial charge in [-0.25, -0.2) is 0 Å². The van der Waals surface area contributed by atoms with Crippen molar-refractivity contribution in [3.63, 3.8) is 0 Å². The van der Waals surface area contributed by atoms with Crippen LogP contribution in [0.5, 0.6) is 0 Å². The lowest BCUT2D eigenvalue weighted by Gasteiger charge is -2.11. The van der Waals surface area contributed by atoms with Gasteiger partial charge in [0.15, 0.2) is 5.84 Å². The predicted octanol–water partition coefficient (Wildman–Crippen LogP) is 6.65. The number of para-hydroxylation sites is 1. The van der Waals surface area contributed by atoms with Crippen molar-refractivity contribution in [2.45, 2.75) is 0 Å². The normalized spacial score (nSPS) is 12.1. The molecule has 1 aromatic heterocycles. The molecular weight excluding hydrogens is 406 g/mol. The molecule has 0 aliphatic heterocycles. The molecule has 158 valence electrons. The van der Waals surface area contributed by atoms with Crippen LogP contribution in [0.3, 0.4) is 0 Å². The van der Waals surface area contributed by atoms with Gasteiger partial charge in [-0.1, -0.05) is 91.0 Å². The Morgan fingerprint density at radius 3 is 1.97 bits per heavy atom. The van der Waals surface area contributed by atoms with Crippen LogP contribution in [0, 0.1) is 0 Å². The van der Waals surface area contributed by atoms with E-state index < -0.39 is 0 Å². The summed E-state index contributed by atoms with van der Waals surface area (Å²) in [6, 6.07) is 35.3. The first-order valence-electron chi connectivity index (χ1n) is 10.8. The smallest absolute Gasteiger partial charge is 0.150 e. The van der Waals surface area contributed by atoms with Crippen LogP contribution in [0.4, 0.5) is 0 Å². The minimum Gasteiger partial charge on any atom is -0.455 e. The zero-order valence-corrected chi connectivity index (χ0v) is 17.8. The number of amidine groups is 1. The number of benzene rings is 5. The highest BCUT2D eigenvalue weighted by Gasteiger charge is 2.15. The maximum absolute atomic E-state index is 6.25. The number of nitrogens with zero attached hydrogens (tertiary/aromatic N) is 1. The van der Waals surface area contributed by atoms with Crippen molar-refractivity contribution >= 4 is 38.5 Å². The van der Waals surface area contributed by atoms with Crippen LogP contribution in [-0.4, -0.2) is 5.84 Å². The Labute approximate surface area is 190 Å². The third kappa shape index (κ3) is 3.04. The molecular formula is C29H21N3O. The molecule has 1 heterocycles. The number of fused-ring (bicyclic) bond motifs is 5. The minimum atomic E-state index is 0.318. The van der Waals surface area contributed by atoms with Gasteiger partial charge in [-0.3, -0.25) is 0 Å². The van der Waals surface area contributed by atoms with E-state index in [4.69, 9.17) is 16.0 Å². The van der Waals surface area contributed by atoms with Crippen molar-refractivity contribution < 1.29 is 4.42 Å². The second-order valence-electron chi connectivity index (χ2n) is 8.08. The van der Waals surface area contributed by atoms with Crippen molar-refractivity contribution in [1.29, 1.82) is 0 Å². The largest absolute Gasteiger partial charge is 0.455 e. The van der Waals surface area contributed by atoms with E-state index in [0.29, 0.717) is 5.84 Å². The lowest BCUT2D eigenvalue weighted by molar-refractivity contribution is 0.672. The Hall–Kier alpha value is -4.57. The van der Waals surface area contributed by atoms with E-state index >= 15 is 0 Å². The summed E-state index contributed by atoms with van der Waals surface area (Å²) in [5.74, 6) is 5.75.